The molecule has 2 N–H and O–H groups in total. The average molecular weight is 402 g/mol. The highest BCUT2D eigenvalue weighted by Gasteiger charge is 2.15. The first-order valence-electron chi connectivity index (χ1n) is 9.26. The quantitative estimate of drug-likeness (QED) is 0.464. The lowest BCUT2D eigenvalue weighted by molar-refractivity contribution is 0.336. The number of thiazole rings is 1. The summed E-state index contributed by atoms with van der Waals surface area (Å²) in [4.78, 5) is 10.9. The lowest BCUT2D eigenvalue weighted by Crippen LogP contribution is -2.38. The van der Waals surface area contributed by atoms with Crippen molar-refractivity contribution in [2.75, 3.05) is 32.6 Å². The highest BCUT2D eigenvalue weighted by molar-refractivity contribution is 7.13. The van der Waals surface area contributed by atoms with Gasteiger partial charge in [0.25, 0.3) is 0 Å². The van der Waals surface area contributed by atoms with E-state index < -0.39 is 0 Å². The Kier molecular flexibility index (Phi) is 6.41. The molecule has 28 heavy (non-hydrogen) atoms. The molecule has 3 aromatic rings. The van der Waals surface area contributed by atoms with Gasteiger partial charge < -0.3 is 24.7 Å². The molecule has 0 spiro atoms. The summed E-state index contributed by atoms with van der Waals surface area (Å²) in [5.41, 5.74) is 1.75. The monoisotopic (exact) mass is 401 g/mol. The number of hydrogen-bond donors (Lipinski definition) is 2. The zero-order valence-corrected chi connectivity index (χ0v) is 17.8. The lowest BCUT2D eigenvalue weighted by Gasteiger charge is -2.15. The van der Waals surface area contributed by atoms with Gasteiger partial charge in [0, 0.05) is 31.9 Å². The minimum absolute atomic E-state index is 0.0548. The van der Waals surface area contributed by atoms with E-state index in [4.69, 9.17) is 9.15 Å². The number of nitrogens with zero attached hydrogens (tertiary/aromatic N) is 3. The summed E-state index contributed by atoms with van der Waals surface area (Å²) in [6.07, 6.45) is 0. The van der Waals surface area contributed by atoms with Gasteiger partial charge in [0.05, 0.1) is 24.9 Å². The Morgan fingerprint density at radius 2 is 2.21 bits per heavy atom. The van der Waals surface area contributed by atoms with Crippen LogP contribution in [0.3, 0.4) is 0 Å². The molecule has 3 rings (SSSR count). The van der Waals surface area contributed by atoms with Crippen molar-refractivity contribution in [3.05, 3.63) is 41.1 Å². The van der Waals surface area contributed by atoms with Crippen molar-refractivity contribution in [1.82, 2.24) is 15.6 Å². The number of nitrogens with one attached hydrogen (secondary N) is 2. The van der Waals surface area contributed by atoms with Crippen molar-refractivity contribution < 1.29 is 9.15 Å². The van der Waals surface area contributed by atoms with E-state index in [1.807, 2.05) is 62.5 Å². The Morgan fingerprint density at radius 3 is 2.89 bits per heavy atom. The van der Waals surface area contributed by atoms with Gasteiger partial charge in [-0.25, -0.2) is 4.98 Å². The zero-order valence-electron chi connectivity index (χ0n) is 16.9. The maximum absolute atomic E-state index is 6.06. The molecule has 0 saturated carbocycles. The van der Waals surface area contributed by atoms with Gasteiger partial charge in [-0.15, -0.1) is 11.3 Å². The van der Waals surface area contributed by atoms with Gasteiger partial charge in [-0.3, -0.25) is 4.99 Å². The number of rotatable bonds is 7. The molecule has 0 radical (unpaired) electrons. The number of aromatic nitrogens is 1. The molecular weight excluding hydrogens is 374 g/mol. The molecule has 150 valence electrons. The zero-order chi connectivity index (χ0) is 20.1. The molecule has 0 amide bonds. The van der Waals surface area contributed by atoms with Gasteiger partial charge in [0.15, 0.2) is 22.4 Å². The summed E-state index contributed by atoms with van der Waals surface area (Å²) in [6, 6.07) is 7.90. The second kappa shape index (κ2) is 8.97. The molecule has 7 nitrogen and oxygen atoms in total. The fourth-order valence-electron chi connectivity index (χ4n) is 2.77. The van der Waals surface area contributed by atoms with Crippen LogP contribution in [0.15, 0.2) is 39.1 Å². The third-order valence-corrected chi connectivity index (χ3v) is 5.25. The maximum Gasteiger partial charge on any atom is 0.191 e. The Bertz CT molecular complexity index is 947. The van der Waals surface area contributed by atoms with E-state index in [1.165, 1.54) is 0 Å². The summed E-state index contributed by atoms with van der Waals surface area (Å²) >= 11 is 1.62. The highest BCUT2D eigenvalue weighted by Crippen LogP contribution is 2.31. The van der Waals surface area contributed by atoms with Gasteiger partial charge >= 0.3 is 0 Å². The number of guanidine groups is 1. The number of aliphatic imine (C=N–C) groups is 1. The van der Waals surface area contributed by atoms with Crippen LogP contribution in [0.4, 0.5) is 5.13 Å². The minimum atomic E-state index is -0.0548. The lowest BCUT2D eigenvalue weighted by atomic mass is 10.2. The van der Waals surface area contributed by atoms with Crippen LogP contribution in [0.1, 0.15) is 31.3 Å². The number of ether oxygens (including phenoxy) is 1. The molecule has 2 aromatic heterocycles. The summed E-state index contributed by atoms with van der Waals surface area (Å²) in [5, 5.41) is 10.7. The predicted molar refractivity (Wildman–Crippen MR) is 116 cm³/mol. The second-order valence-corrected chi connectivity index (χ2v) is 7.40. The van der Waals surface area contributed by atoms with Crippen LogP contribution < -0.4 is 20.3 Å². The number of anilines is 1. The molecule has 1 aromatic carbocycles. The number of para-hydroxylation sites is 1. The largest absolute Gasteiger partial charge is 0.490 e. The third-order valence-electron chi connectivity index (χ3n) is 4.19. The number of furan rings is 1. The maximum atomic E-state index is 6.06. The molecule has 0 saturated heterocycles. The molecule has 1 atom stereocenters. The molecule has 2 heterocycles. The Hall–Kier alpha value is -2.74. The second-order valence-electron chi connectivity index (χ2n) is 6.56. The van der Waals surface area contributed by atoms with Crippen molar-refractivity contribution in [1.29, 1.82) is 0 Å². The van der Waals surface area contributed by atoms with Crippen molar-refractivity contribution in [3.63, 3.8) is 0 Å². The molecule has 0 bridgehead atoms. The van der Waals surface area contributed by atoms with Crippen molar-refractivity contribution >= 4 is 33.4 Å². The van der Waals surface area contributed by atoms with Crippen LogP contribution >= 0.6 is 11.3 Å². The summed E-state index contributed by atoms with van der Waals surface area (Å²) in [7, 11) is 5.73. The van der Waals surface area contributed by atoms with E-state index in [0.717, 1.165) is 33.3 Å². The third kappa shape index (κ3) is 4.56. The number of benzene rings is 1. The van der Waals surface area contributed by atoms with Gasteiger partial charge in [-0.05, 0) is 26.0 Å². The van der Waals surface area contributed by atoms with Gasteiger partial charge in [-0.2, -0.15) is 0 Å². The van der Waals surface area contributed by atoms with Crippen LogP contribution in [-0.2, 0) is 6.54 Å². The smallest absolute Gasteiger partial charge is 0.191 e. The Labute approximate surface area is 169 Å². The molecular formula is C20H27N5O2S. The van der Waals surface area contributed by atoms with Crippen molar-refractivity contribution in [3.8, 4) is 5.75 Å². The average Bonchev–Trinajstić information content (AvgIpc) is 3.32. The van der Waals surface area contributed by atoms with Crippen molar-refractivity contribution in [2.24, 2.45) is 4.99 Å². The van der Waals surface area contributed by atoms with Crippen LogP contribution in [0.2, 0.25) is 0 Å². The molecule has 0 aliphatic rings. The number of fused-ring (bicyclic) bond motifs is 1. The van der Waals surface area contributed by atoms with Crippen LogP contribution in [-0.4, -0.2) is 38.7 Å². The van der Waals surface area contributed by atoms with Gasteiger partial charge in [0.1, 0.15) is 5.76 Å². The van der Waals surface area contributed by atoms with Crippen molar-refractivity contribution in [2.45, 2.75) is 26.4 Å². The minimum Gasteiger partial charge on any atom is -0.490 e. The van der Waals surface area contributed by atoms with Crippen LogP contribution in [0.5, 0.6) is 5.75 Å². The van der Waals surface area contributed by atoms with Crippen LogP contribution in [0, 0.1) is 0 Å². The molecule has 0 aliphatic carbocycles. The fraction of sp³-hybridized carbons (Fsp3) is 0.400. The summed E-state index contributed by atoms with van der Waals surface area (Å²) in [6.45, 7) is 5.21. The summed E-state index contributed by atoms with van der Waals surface area (Å²) in [5.74, 6) is 2.28. The van der Waals surface area contributed by atoms with E-state index in [9.17, 15) is 0 Å². The van der Waals surface area contributed by atoms with E-state index >= 15 is 0 Å². The molecule has 1 unspecified atom stereocenters. The Morgan fingerprint density at radius 1 is 1.39 bits per heavy atom. The van der Waals surface area contributed by atoms with Gasteiger partial charge in [-0.1, -0.05) is 12.1 Å². The first-order chi connectivity index (χ1) is 13.5. The molecule has 0 aliphatic heterocycles. The first-order valence-corrected chi connectivity index (χ1v) is 10.1. The normalized spacial score (nSPS) is 12.8. The van der Waals surface area contributed by atoms with E-state index in [-0.39, 0.29) is 6.04 Å². The molecule has 8 heteroatoms. The van der Waals surface area contributed by atoms with Gasteiger partial charge in [0.2, 0.25) is 0 Å². The Balaban J connectivity index is 1.65. The van der Waals surface area contributed by atoms with E-state index in [1.54, 1.807) is 18.4 Å². The van der Waals surface area contributed by atoms with E-state index in [0.29, 0.717) is 19.1 Å². The standard InChI is InChI=1S/C20H27N5O2S/c1-6-26-16-9-7-8-14-10-17(27-18(14)16)13(2)23-19(21-3)22-11-15-12-28-20(24-15)25(4)5/h7-10,12-13H,6,11H2,1-5H3,(H2,21,22,23). The molecule has 0 fully saturated rings. The highest BCUT2D eigenvalue weighted by atomic mass is 32.1. The SMILES string of the molecule is CCOc1cccc2cc(C(C)NC(=NC)NCc3csc(N(C)C)n3)oc12. The number of hydrogen-bond acceptors (Lipinski definition) is 6. The van der Waals surface area contributed by atoms with Crippen LogP contribution in [0.25, 0.3) is 11.0 Å². The predicted octanol–water partition coefficient (Wildman–Crippen LogP) is 3.78. The fourth-order valence-corrected chi connectivity index (χ4v) is 3.53. The summed E-state index contributed by atoms with van der Waals surface area (Å²) < 4.78 is 11.7. The van der Waals surface area contributed by atoms with E-state index in [2.05, 4.69) is 20.6 Å². The first kappa shape index (κ1) is 20.0. The topological polar surface area (TPSA) is 74.9 Å².